The Kier molecular flexibility index (Phi) is 6.22. The van der Waals surface area contributed by atoms with Gasteiger partial charge in [0.25, 0.3) is 0 Å². The van der Waals surface area contributed by atoms with Crippen LogP contribution >= 0.6 is 0 Å². The maximum atomic E-state index is 10.7. The summed E-state index contributed by atoms with van der Waals surface area (Å²) in [6, 6.07) is 7.02. The number of hydrogen-bond donors (Lipinski definition) is 0. The summed E-state index contributed by atoms with van der Waals surface area (Å²) < 4.78 is 15.6. The van der Waals surface area contributed by atoms with Crippen LogP contribution in [0.5, 0.6) is 5.75 Å². The lowest BCUT2D eigenvalue weighted by Gasteiger charge is -2.08. The zero-order valence-electron chi connectivity index (χ0n) is 9.35. The Bertz CT molecular complexity index is 312. The predicted molar refractivity (Wildman–Crippen MR) is 59.8 cm³/mol. The number of ether oxygens (including phenoxy) is 3. The molecular weight excluding hydrogens is 208 g/mol. The van der Waals surface area contributed by atoms with E-state index in [1.165, 1.54) is 0 Å². The predicted octanol–water partition coefficient (Wildman–Crippen LogP) is 1.89. The summed E-state index contributed by atoms with van der Waals surface area (Å²) in [4.78, 5) is 10.7. The van der Waals surface area contributed by atoms with Crippen molar-refractivity contribution >= 4 is 6.29 Å². The third-order valence-electron chi connectivity index (χ3n) is 1.92. The molecule has 0 aliphatic heterocycles. The van der Waals surface area contributed by atoms with Gasteiger partial charge >= 0.3 is 0 Å². The average Bonchev–Trinajstić information content (AvgIpc) is 2.34. The van der Waals surface area contributed by atoms with Crippen LogP contribution in [0.3, 0.4) is 0 Å². The highest BCUT2D eigenvalue weighted by Crippen LogP contribution is 2.15. The Morgan fingerprint density at radius 3 is 2.69 bits per heavy atom. The molecule has 0 aromatic heterocycles. The number of aldehydes is 1. The van der Waals surface area contributed by atoms with Crippen LogP contribution in [0.1, 0.15) is 17.3 Å². The summed E-state index contributed by atoms with van der Waals surface area (Å²) in [6.07, 6.45) is 0.759. The zero-order chi connectivity index (χ0) is 11.6. The van der Waals surface area contributed by atoms with Crippen molar-refractivity contribution in [2.75, 3.05) is 26.6 Å². The van der Waals surface area contributed by atoms with Crippen molar-refractivity contribution in [2.24, 2.45) is 0 Å². The SMILES string of the molecule is CCOCCOCOc1ccccc1C=O. The maximum absolute atomic E-state index is 10.7. The molecule has 0 N–H and O–H groups in total. The highest BCUT2D eigenvalue weighted by Gasteiger charge is 2.00. The summed E-state index contributed by atoms with van der Waals surface area (Å²) in [6.45, 7) is 3.76. The molecule has 1 rings (SSSR count). The maximum Gasteiger partial charge on any atom is 0.189 e. The molecule has 88 valence electrons. The minimum Gasteiger partial charge on any atom is -0.467 e. The lowest BCUT2D eigenvalue weighted by Crippen LogP contribution is -2.09. The monoisotopic (exact) mass is 224 g/mol. The molecule has 0 spiro atoms. The minimum atomic E-state index is 0.123. The van der Waals surface area contributed by atoms with Crippen LogP contribution in [0.25, 0.3) is 0 Å². The molecule has 16 heavy (non-hydrogen) atoms. The van der Waals surface area contributed by atoms with Crippen molar-refractivity contribution in [1.29, 1.82) is 0 Å². The van der Waals surface area contributed by atoms with Crippen molar-refractivity contribution in [2.45, 2.75) is 6.92 Å². The van der Waals surface area contributed by atoms with Crippen LogP contribution in [0.2, 0.25) is 0 Å². The third-order valence-corrected chi connectivity index (χ3v) is 1.92. The number of benzene rings is 1. The van der Waals surface area contributed by atoms with E-state index in [-0.39, 0.29) is 6.79 Å². The van der Waals surface area contributed by atoms with E-state index in [2.05, 4.69) is 0 Å². The van der Waals surface area contributed by atoms with Gasteiger partial charge in [-0.05, 0) is 19.1 Å². The van der Waals surface area contributed by atoms with Gasteiger partial charge in [0.1, 0.15) is 5.75 Å². The van der Waals surface area contributed by atoms with Crippen LogP contribution in [0, 0.1) is 0 Å². The largest absolute Gasteiger partial charge is 0.467 e. The van der Waals surface area contributed by atoms with Gasteiger partial charge in [0.05, 0.1) is 18.8 Å². The van der Waals surface area contributed by atoms with Crippen LogP contribution in [-0.4, -0.2) is 32.9 Å². The Morgan fingerprint density at radius 1 is 1.19 bits per heavy atom. The standard InChI is InChI=1S/C12H16O4/c1-2-14-7-8-15-10-16-12-6-4-3-5-11(12)9-13/h3-6,9H,2,7-8,10H2,1H3. The molecule has 4 nitrogen and oxygen atoms in total. The Balaban J connectivity index is 2.23. The normalized spacial score (nSPS) is 10.1. The molecule has 0 fully saturated rings. The van der Waals surface area contributed by atoms with Gasteiger partial charge in [0.2, 0.25) is 0 Å². The Labute approximate surface area is 95.1 Å². The van der Waals surface area contributed by atoms with Gasteiger partial charge in [-0.3, -0.25) is 4.79 Å². The van der Waals surface area contributed by atoms with E-state index < -0.39 is 0 Å². The van der Waals surface area contributed by atoms with E-state index >= 15 is 0 Å². The molecular formula is C12H16O4. The van der Waals surface area contributed by atoms with Crippen LogP contribution in [0.15, 0.2) is 24.3 Å². The Hall–Kier alpha value is -1.39. The van der Waals surface area contributed by atoms with Crippen LogP contribution in [0.4, 0.5) is 0 Å². The first-order valence-corrected chi connectivity index (χ1v) is 5.21. The van der Waals surface area contributed by atoms with Crippen molar-refractivity contribution < 1.29 is 19.0 Å². The fourth-order valence-corrected chi connectivity index (χ4v) is 1.14. The highest BCUT2D eigenvalue weighted by molar-refractivity contribution is 5.79. The first kappa shape index (κ1) is 12.7. The molecule has 0 heterocycles. The number of carbonyl (C=O) groups is 1. The van der Waals surface area contributed by atoms with Crippen molar-refractivity contribution in [3.05, 3.63) is 29.8 Å². The topological polar surface area (TPSA) is 44.8 Å². The van der Waals surface area contributed by atoms with E-state index in [9.17, 15) is 4.79 Å². The van der Waals surface area contributed by atoms with Gasteiger partial charge in [-0.1, -0.05) is 12.1 Å². The van der Waals surface area contributed by atoms with Gasteiger partial charge < -0.3 is 14.2 Å². The fraction of sp³-hybridized carbons (Fsp3) is 0.417. The van der Waals surface area contributed by atoms with Gasteiger partial charge in [-0.25, -0.2) is 0 Å². The lowest BCUT2D eigenvalue weighted by molar-refractivity contribution is -0.0151. The molecule has 1 aromatic carbocycles. The molecule has 0 radical (unpaired) electrons. The van der Waals surface area contributed by atoms with E-state index in [1.54, 1.807) is 18.2 Å². The van der Waals surface area contributed by atoms with Crippen LogP contribution < -0.4 is 4.74 Å². The van der Waals surface area contributed by atoms with E-state index in [4.69, 9.17) is 14.2 Å². The third kappa shape index (κ3) is 4.42. The molecule has 0 saturated carbocycles. The van der Waals surface area contributed by atoms with E-state index in [1.807, 2.05) is 13.0 Å². The van der Waals surface area contributed by atoms with Gasteiger partial charge in [0.15, 0.2) is 13.1 Å². The quantitative estimate of drug-likeness (QED) is 0.384. The van der Waals surface area contributed by atoms with Crippen molar-refractivity contribution in [3.63, 3.8) is 0 Å². The molecule has 0 amide bonds. The van der Waals surface area contributed by atoms with Crippen molar-refractivity contribution in [3.8, 4) is 5.75 Å². The summed E-state index contributed by atoms with van der Waals surface area (Å²) in [7, 11) is 0. The number of carbonyl (C=O) groups excluding carboxylic acids is 1. The molecule has 0 unspecified atom stereocenters. The summed E-state index contributed by atoms with van der Waals surface area (Å²) >= 11 is 0. The van der Waals surface area contributed by atoms with E-state index in [0.29, 0.717) is 31.1 Å². The van der Waals surface area contributed by atoms with E-state index in [0.717, 1.165) is 6.29 Å². The highest BCUT2D eigenvalue weighted by atomic mass is 16.7. The van der Waals surface area contributed by atoms with Gasteiger partial charge in [0, 0.05) is 6.61 Å². The first-order valence-electron chi connectivity index (χ1n) is 5.21. The minimum absolute atomic E-state index is 0.123. The second-order valence-electron chi connectivity index (χ2n) is 3.02. The number of rotatable bonds is 8. The molecule has 0 bridgehead atoms. The second kappa shape index (κ2) is 7.84. The molecule has 0 atom stereocenters. The number of hydrogen-bond acceptors (Lipinski definition) is 4. The summed E-state index contributed by atoms with van der Waals surface area (Å²) in [5.41, 5.74) is 0.524. The zero-order valence-corrected chi connectivity index (χ0v) is 9.35. The van der Waals surface area contributed by atoms with Gasteiger partial charge in [-0.15, -0.1) is 0 Å². The van der Waals surface area contributed by atoms with Crippen molar-refractivity contribution in [1.82, 2.24) is 0 Å². The first-order chi connectivity index (χ1) is 7.88. The number of para-hydroxylation sites is 1. The fourth-order valence-electron chi connectivity index (χ4n) is 1.14. The Morgan fingerprint density at radius 2 is 1.94 bits per heavy atom. The van der Waals surface area contributed by atoms with Crippen LogP contribution in [-0.2, 0) is 9.47 Å². The smallest absolute Gasteiger partial charge is 0.189 e. The van der Waals surface area contributed by atoms with Gasteiger partial charge in [-0.2, -0.15) is 0 Å². The molecule has 0 aliphatic carbocycles. The molecule has 1 aromatic rings. The summed E-state index contributed by atoms with van der Waals surface area (Å²) in [5.74, 6) is 0.536. The lowest BCUT2D eigenvalue weighted by atomic mass is 10.2. The molecule has 0 saturated heterocycles. The molecule has 4 heteroatoms. The average molecular weight is 224 g/mol. The summed E-state index contributed by atoms with van der Waals surface area (Å²) in [5, 5.41) is 0. The molecule has 0 aliphatic rings. The second-order valence-corrected chi connectivity index (χ2v) is 3.02.